The number of rotatable bonds is 10. The van der Waals surface area contributed by atoms with Crippen molar-refractivity contribution in [2.75, 3.05) is 18.9 Å². The topological polar surface area (TPSA) is 303 Å². The number of esters is 1. The molecular formula is C17H23N5Na2O15P2. The van der Waals surface area contributed by atoms with E-state index in [1.165, 1.54) is 10.9 Å². The van der Waals surface area contributed by atoms with E-state index in [0.717, 1.165) is 13.3 Å². The van der Waals surface area contributed by atoms with Gasteiger partial charge in [-0.25, -0.2) is 19.3 Å². The molecule has 4 heterocycles. The van der Waals surface area contributed by atoms with Gasteiger partial charge in [-0.2, -0.15) is 0 Å². The second-order valence-corrected chi connectivity index (χ2v) is 11.3. The van der Waals surface area contributed by atoms with Crippen LogP contribution in [0.25, 0.3) is 11.2 Å². The van der Waals surface area contributed by atoms with Crippen molar-refractivity contribution in [3.63, 3.8) is 0 Å². The van der Waals surface area contributed by atoms with Crippen molar-refractivity contribution in [3.05, 3.63) is 12.7 Å². The number of imidazole rings is 1. The molecule has 2 fully saturated rings. The largest absolute Gasteiger partial charge is 1.00 e. The Hall–Kier alpha value is -0.160. The van der Waals surface area contributed by atoms with Gasteiger partial charge in [-0.15, -0.1) is 0 Å². The number of nitrogens with zero attached hydrogens (tertiary/aromatic N) is 4. The van der Waals surface area contributed by atoms with Crippen LogP contribution in [0.1, 0.15) is 13.2 Å². The third-order valence-corrected chi connectivity index (χ3v) is 8.14. The van der Waals surface area contributed by atoms with Crippen molar-refractivity contribution in [2.24, 2.45) is 0 Å². The molecule has 10 unspecified atom stereocenters. The van der Waals surface area contributed by atoms with Crippen LogP contribution in [-0.4, -0.2) is 102 Å². The number of anilines is 1. The number of fused-ring (bicyclic) bond motifs is 1. The first-order chi connectivity index (χ1) is 18.2. The second-order valence-electron chi connectivity index (χ2n) is 8.33. The first-order valence-electron chi connectivity index (χ1n) is 10.9. The summed E-state index contributed by atoms with van der Waals surface area (Å²) in [5.74, 6) is -0.826. The van der Waals surface area contributed by atoms with Gasteiger partial charge in [-0.05, 0) is 0 Å². The first-order valence-corrected chi connectivity index (χ1v) is 13.9. The van der Waals surface area contributed by atoms with Gasteiger partial charge in [0.25, 0.3) is 15.6 Å². The predicted octanol–water partition coefficient (Wildman–Crippen LogP) is -9.97. The minimum Gasteiger partial charge on any atom is -0.756 e. The van der Waals surface area contributed by atoms with Crippen LogP contribution in [0.3, 0.4) is 0 Å². The molecule has 20 nitrogen and oxygen atoms in total. The van der Waals surface area contributed by atoms with Crippen molar-refractivity contribution in [1.29, 1.82) is 0 Å². The summed E-state index contributed by atoms with van der Waals surface area (Å²) >= 11 is 0. The SMILES string of the molecule is CC(=O)OC1C(O)OC(COP(=O)([O-])OP(=O)([O-])OCC2OC(n3cnc4c(N)ncnc43)C(O)C2O)C1O.[Na+].[Na+]. The van der Waals surface area contributed by atoms with E-state index in [4.69, 9.17) is 15.2 Å². The number of phosphoric acid groups is 2. The van der Waals surface area contributed by atoms with Gasteiger partial charge in [0.2, 0.25) is 0 Å². The Morgan fingerprint density at radius 1 is 1.00 bits per heavy atom. The van der Waals surface area contributed by atoms with Gasteiger partial charge >= 0.3 is 65.1 Å². The molecular weight excluding hydrogens is 622 g/mol. The molecule has 4 rings (SSSR count). The predicted molar refractivity (Wildman–Crippen MR) is 116 cm³/mol. The van der Waals surface area contributed by atoms with Crippen molar-refractivity contribution < 1.29 is 131 Å². The molecule has 0 amide bonds. The number of ether oxygens (including phenoxy) is 3. The van der Waals surface area contributed by atoms with Crippen molar-refractivity contribution in [1.82, 2.24) is 19.5 Å². The van der Waals surface area contributed by atoms with Crippen LogP contribution >= 0.6 is 15.6 Å². The first kappa shape index (κ1) is 37.0. The zero-order valence-electron chi connectivity index (χ0n) is 21.7. The maximum absolute atomic E-state index is 12.1. The molecule has 10 atom stereocenters. The molecule has 218 valence electrons. The molecule has 0 aromatic carbocycles. The smallest absolute Gasteiger partial charge is 0.756 e. The van der Waals surface area contributed by atoms with Crippen LogP contribution in [0.5, 0.6) is 0 Å². The summed E-state index contributed by atoms with van der Waals surface area (Å²) in [4.78, 5) is 46.9. The number of aliphatic hydroxyl groups excluding tert-OH is 4. The zero-order valence-corrected chi connectivity index (χ0v) is 27.5. The van der Waals surface area contributed by atoms with E-state index in [9.17, 15) is 44.1 Å². The summed E-state index contributed by atoms with van der Waals surface area (Å²) in [5.41, 5.74) is 6.03. The monoisotopic (exact) mass is 645 g/mol. The van der Waals surface area contributed by atoms with E-state index in [2.05, 4.69) is 33.0 Å². The zero-order chi connectivity index (χ0) is 28.7. The Bertz CT molecular complexity index is 1310. The normalized spacial score (nSPS) is 32.5. The molecule has 6 N–H and O–H groups in total. The molecule has 0 aliphatic carbocycles. The minimum absolute atomic E-state index is 0. The Kier molecular flexibility index (Phi) is 13.3. The van der Waals surface area contributed by atoms with Crippen LogP contribution in [0.15, 0.2) is 12.7 Å². The molecule has 24 heteroatoms. The molecule has 0 saturated carbocycles. The third-order valence-electron chi connectivity index (χ3n) is 5.61. The van der Waals surface area contributed by atoms with Gasteiger partial charge in [0.1, 0.15) is 42.4 Å². The van der Waals surface area contributed by atoms with Crippen LogP contribution in [0.2, 0.25) is 0 Å². The summed E-state index contributed by atoms with van der Waals surface area (Å²) in [6, 6.07) is 0. The van der Waals surface area contributed by atoms with E-state index >= 15 is 0 Å². The molecule has 41 heavy (non-hydrogen) atoms. The number of carbonyl (C=O) groups is 1. The van der Waals surface area contributed by atoms with E-state index in [0.29, 0.717) is 0 Å². The molecule has 2 aromatic heterocycles. The van der Waals surface area contributed by atoms with E-state index in [1.807, 2.05) is 0 Å². The van der Waals surface area contributed by atoms with Crippen LogP contribution in [0.4, 0.5) is 5.82 Å². The number of phosphoric ester groups is 2. The van der Waals surface area contributed by atoms with Crippen LogP contribution < -0.4 is 74.6 Å². The van der Waals surface area contributed by atoms with Crippen molar-refractivity contribution in [2.45, 2.75) is 56.1 Å². The molecule has 2 saturated heterocycles. The Morgan fingerprint density at radius 2 is 1.59 bits per heavy atom. The number of hydrogen-bond donors (Lipinski definition) is 5. The van der Waals surface area contributed by atoms with Gasteiger partial charge in [0.15, 0.2) is 30.1 Å². The summed E-state index contributed by atoms with van der Waals surface area (Å²) in [7, 11) is -11.3. The van der Waals surface area contributed by atoms with E-state index in [-0.39, 0.29) is 76.1 Å². The summed E-state index contributed by atoms with van der Waals surface area (Å²) in [6.45, 7) is -1.02. The fraction of sp³-hybridized carbons (Fsp3) is 0.647. The number of nitrogens with two attached hydrogens (primary N) is 1. The van der Waals surface area contributed by atoms with Gasteiger partial charge in [0.05, 0.1) is 19.5 Å². The van der Waals surface area contributed by atoms with Crippen molar-refractivity contribution >= 4 is 38.6 Å². The Morgan fingerprint density at radius 3 is 2.17 bits per heavy atom. The van der Waals surface area contributed by atoms with Crippen LogP contribution in [0, 0.1) is 0 Å². The maximum Gasteiger partial charge on any atom is 1.00 e. The standard InChI is InChI=1S/C17H25N5O15P2.2Na/c1-6(23)34-13-11(25)8(36-17(13)27)3-33-39(30,31)37-38(28,29)32-2-7-10(24)12(26)16(35-7)22-5-21-9-14(18)19-4-20-15(9)22;;/h4-5,7-8,10-13,16-17,24-27H,2-3H2,1H3,(H,28,29)(H,30,31)(H2,18,19,20);;/q;2*+1/p-2. The molecule has 2 aliphatic heterocycles. The van der Waals surface area contributed by atoms with Gasteiger partial charge in [0, 0.05) is 6.92 Å². The molecule has 2 aliphatic rings. The average molecular weight is 645 g/mol. The average Bonchev–Trinajstić information content (AvgIpc) is 3.47. The fourth-order valence-corrected chi connectivity index (χ4v) is 5.84. The Balaban J connectivity index is 0.00000294. The van der Waals surface area contributed by atoms with E-state index in [1.54, 1.807) is 0 Å². The molecule has 0 spiro atoms. The summed E-state index contributed by atoms with van der Waals surface area (Å²) in [6.07, 6.45) is -10.4. The van der Waals surface area contributed by atoms with Crippen LogP contribution in [-0.2, 0) is 41.5 Å². The maximum atomic E-state index is 12.1. The molecule has 0 bridgehead atoms. The molecule has 2 aromatic rings. The Labute approximate surface area is 274 Å². The number of aliphatic hydroxyl groups is 4. The third kappa shape index (κ3) is 8.73. The van der Waals surface area contributed by atoms with Gasteiger partial charge in [-0.1, -0.05) is 0 Å². The number of nitrogen functional groups attached to an aromatic ring is 1. The van der Waals surface area contributed by atoms with Gasteiger partial charge < -0.3 is 59.2 Å². The van der Waals surface area contributed by atoms with E-state index < -0.39 is 84.0 Å². The van der Waals surface area contributed by atoms with Crippen molar-refractivity contribution in [3.8, 4) is 0 Å². The summed E-state index contributed by atoms with van der Waals surface area (Å²) in [5, 5.41) is 40.4. The fourth-order valence-electron chi connectivity index (χ4n) is 3.83. The number of aromatic nitrogens is 4. The summed E-state index contributed by atoms with van der Waals surface area (Å²) < 4.78 is 53.1. The molecule has 0 radical (unpaired) electrons. The minimum atomic E-state index is -5.66. The number of carbonyl (C=O) groups excluding carboxylic acids is 1. The van der Waals surface area contributed by atoms with Gasteiger partial charge in [-0.3, -0.25) is 18.5 Å². The second kappa shape index (κ2) is 14.7. The quantitative estimate of drug-likeness (QED) is 0.0910. The number of hydrogen-bond acceptors (Lipinski definition) is 19.